The number of rotatable bonds is 7. The molecule has 0 saturated carbocycles. The average Bonchev–Trinajstić information content (AvgIpc) is 2.43. The van der Waals surface area contributed by atoms with E-state index in [0.29, 0.717) is 25.9 Å². The van der Waals surface area contributed by atoms with Crippen molar-refractivity contribution in [1.29, 1.82) is 0 Å². The monoisotopic (exact) mass is 306 g/mol. The van der Waals surface area contributed by atoms with Gasteiger partial charge in [0.2, 0.25) is 5.91 Å². The summed E-state index contributed by atoms with van der Waals surface area (Å²) in [7, 11) is 1.70. The van der Waals surface area contributed by atoms with Crippen LogP contribution in [-0.4, -0.2) is 26.1 Å². The van der Waals surface area contributed by atoms with Gasteiger partial charge >= 0.3 is 0 Å². The summed E-state index contributed by atoms with van der Waals surface area (Å²) in [4.78, 5) is 11.9. The highest BCUT2D eigenvalue weighted by molar-refractivity contribution is 5.76. The van der Waals surface area contributed by atoms with Gasteiger partial charge in [0.1, 0.15) is 5.75 Å². The minimum Gasteiger partial charge on any atom is -0.496 e. The first-order valence-electron chi connectivity index (χ1n) is 7.94. The maximum absolute atomic E-state index is 11.9. The summed E-state index contributed by atoms with van der Waals surface area (Å²) in [6, 6.07) is 4.28. The molecule has 124 valence electrons. The van der Waals surface area contributed by atoms with Gasteiger partial charge in [-0.15, -0.1) is 0 Å². The van der Waals surface area contributed by atoms with Crippen molar-refractivity contribution in [3.05, 3.63) is 28.8 Å². The van der Waals surface area contributed by atoms with E-state index in [2.05, 4.69) is 45.1 Å². The molecule has 3 N–H and O–H groups in total. The summed E-state index contributed by atoms with van der Waals surface area (Å²) in [6.45, 7) is 9.85. The topological polar surface area (TPSA) is 64.3 Å². The maximum atomic E-state index is 11.9. The Balaban J connectivity index is 2.86. The molecule has 4 heteroatoms. The molecule has 1 aromatic carbocycles. The van der Waals surface area contributed by atoms with Crippen LogP contribution in [0.1, 0.15) is 50.3 Å². The molecule has 0 unspecified atom stereocenters. The van der Waals surface area contributed by atoms with Crippen molar-refractivity contribution >= 4 is 5.91 Å². The highest BCUT2D eigenvalue weighted by Crippen LogP contribution is 2.35. The van der Waals surface area contributed by atoms with E-state index in [-0.39, 0.29) is 11.3 Å². The van der Waals surface area contributed by atoms with Gasteiger partial charge in [-0.3, -0.25) is 4.79 Å². The highest BCUT2D eigenvalue weighted by Gasteiger charge is 2.21. The van der Waals surface area contributed by atoms with Crippen LogP contribution in [0.5, 0.6) is 5.75 Å². The number of methoxy groups -OCH3 is 1. The lowest BCUT2D eigenvalue weighted by atomic mass is 9.83. The van der Waals surface area contributed by atoms with Crippen molar-refractivity contribution in [3.63, 3.8) is 0 Å². The Hall–Kier alpha value is -1.55. The van der Waals surface area contributed by atoms with Gasteiger partial charge in [0.05, 0.1) is 7.11 Å². The number of ether oxygens (including phenoxy) is 1. The van der Waals surface area contributed by atoms with Gasteiger partial charge in [-0.1, -0.05) is 38.5 Å². The van der Waals surface area contributed by atoms with Crippen LogP contribution in [0.4, 0.5) is 0 Å². The summed E-state index contributed by atoms with van der Waals surface area (Å²) < 4.78 is 5.64. The molecule has 0 saturated heterocycles. The second kappa shape index (κ2) is 8.18. The molecule has 1 amide bonds. The molecule has 1 aromatic rings. The molecule has 0 heterocycles. The third-order valence-electron chi connectivity index (χ3n) is 3.65. The molecule has 0 bridgehead atoms. The molecule has 4 nitrogen and oxygen atoms in total. The van der Waals surface area contributed by atoms with Crippen LogP contribution in [0.3, 0.4) is 0 Å². The standard InChI is InChI=1S/C18H30N2O2/c1-13-11-14(7-8-16(21)20-10-6-9-19)17(22-5)15(12-13)18(2,3)4/h11-12H,6-10,19H2,1-5H3,(H,20,21). The lowest BCUT2D eigenvalue weighted by Crippen LogP contribution is -2.26. The second-order valence-electron chi connectivity index (χ2n) is 6.75. The van der Waals surface area contributed by atoms with E-state index in [0.717, 1.165) is 17.7 Å². The van der Waals surface area contributed by atoms with E-state index in [1.54, 1.807) is 7.11 Å². The van der Waals surface area contributed by atoms with Gasteiger partial charge in [0.25, 0.3) is 0 Å². The van der Waals surface area contributed by atoms with Crippen LogP contribution < -0.4 is 15.8 Å². The number of hydrogen-bond acceptors (Lipinski definition) is 3. The van der Waals surface area contributed by atoms with Crippen molar-refractivity contribution in [2.45, 2.75) is 52.4 Å². The summed E-state index contributed by atoms with van der Waals surface area (Å²) >= 11 is 0. The number of amides is 1. The molecule has 0 spiro atoms. The molecule has 0 fully saturated rings. The van der Waals surface area contributed by atoms with Crippen molar-refractivity contribution in [1.82, 2.24) is 5.32 Å². The predicted octanol–water partition coefficient (Wildman–Crippen LogP) is 2.70. The fourth-order valence-corrected chi connectivity index (χ4v) is 2.50. The van der Waals surface area contributed by atoms with Crippen molar-refractivity contribution < 1.29 is 9.53 Å². The predicted molar refractivity (Wildman–Crippen MR) is 91.4 cm³/mol. The minimum atomic E-state index is 0.00942. The molecular formula is C18H30N2O2. The van der Waals surface area contributed by atoms with Gasteiger partial charge in [0.15, 0.2) is 0 Å². The molecule has 0 aliphatic carbocycles. The Morgan fingerprint density at radius 2 is 2.00 bits per heavy atom. The van der Waals surface area contributed by atoms with Crippen LogP contribution in [0.2, 0.25) is 0 Å². The first-order chi connectivity index (χ1) is 10.3. The maximum Gasteiger partial charge on any atom is 0.220 e. The first-order valence-corrected chi connectivity index (χ1v) is 7.94. The Morgan fingerprint density at radius 1 is 1.32 bits per heavy atom. The molecule has 0 atom stereocenters. The molecular weight excluding hydrogens is 276 g/mol. The summed E-state index contributed by atoms with van der Waals surface area (Å²) in [5.74, 6) is 0.974. The van der Waals surface area contributed by atoms with Gasteiger partial charge < -0.3 is 15.8 Å². The number of hydrogen-bond donors (Lipinski definition) is 2. The lowest BCUT2D eigenvalue weighted by Gasteiger charge is -2.25. The van der Waals surface area contributed by atoms with Gasteiger partial charge in [0, 0.05) is 18.5 Å². The fourth-order valence-electron chi connectivity index (χ4n) is 2.50. The van der Waals surface area contributed by atoms with Crippen LogP contribution in [0.15, 0.2) is 12.1 Å². The second-order valence-corrected chi connectivity index (χ2v) is 6.75. The summed E-state index contributed by atoms with van der Waals surface area (Å²) in [5.41, 5.74) is 8.92. The van der Waals surface area contributed by atoms with Crippen LogP contribution in [0, 0.1) is 6.92 Å². The van der Waals surface area contributed by atoms with Crippen molar-refractivity contribution in [2.24, 2.45) is 5.73 Å². The minimum absolute atomic E-state index is 0.00942. The Kier molecular flexibility index (Phi) is 6.88. The number of carbonyl (C=O) groups is 1. The Labute approximate surface area is 134 Å². The van der Waals surface area contributed by atoms with E-state index in [1.165, 1.54) is 11.1 Å². The van der Waals surface area contributed by atoms with Crippen molar-refractivity contribution in [3.8, 4) is 5.75 Å². The molecule has 0 aliphatic rings. The Morgan fingerprint density at radius 3 is 2.55 bits per heavy atom. The number of nitrogens with one attached hydrogen (secondary N) is 1. The van der Waals surface area contributed by atoms with Crippen LogP contribution in [0.25, 0.3) is 0 Å². The van der Waals surface area contributed by atoms with Gasteiger partial charge in [-0.25, -0.2) is 0 Å². The van der Waals surface area contributed by atoms with E-state index in [4.69, 9.17) is 10.5 Å². The van der Waals surface area contributed by atoms with E-state index in [1.807, 2.05) is 0 Å². The molecule has 0 aliphatic heterocycles. The van der Waals surface area contributed by atoms with Crippen molar-refractivity contribution in [2.75, 3.05) is 20.2 Å². The zero-order chi connectivity index (χ0) is 16.8. The SMILES string of the molecule is COc1c(CCC(=O)NCCCN)cc(C)cc1C(C)(C)C. The first kappa shape index (κ1) is 18.5. The summed E-state index contributed by atoms with van der Waals surface area (Å²) in [5, 5.41) is 2.89. The third-order valence-corrected chi connectivity index (χ3v) is 3.65. The molecule has 0 aromatic heterocycles. The molecule has 1 rings (SSSR count). The van der Waals surface area contributed by atoms with E-state index >= 15 is 0 Å². The highest BCUT2D eigenvalue weighted by atomic mass is 16.5. The number of aryl methyl sites for hydroxylation is 2. The average molecular weight is 306 g/mol. The number of benzene rings is 1. The number of carbonyl (C=O) groups excluding carboxylic acids is 1. The fraction of sp³-hybridized carbons (Fsp3) is 0.611. The molecule has 0 radical (unpaired) electrons. The third kappa shape index (κ3) is 5.34. The summed E-state index contributed by atoms with van der Waals surface area (Å²) in [6.07, 6.45) is 1.96. The Bertz CT molecular complexity index is 505. The van der Waals surface area contributed by atoms with Crippen LogP contribution >= 0.6 is 0 Å². The normalized spacial score (nSPS) is 11.4. The van der Waals surface area contributed by atoms with E-state index in [9.17, 15) is 4.79 Å². The quantitative estimate of drug-likeness (QED) is 0.761. The smallest absolute Gasteiger partial charge is 0.220 e. The number of nitrogens with two attached hydrogens (primary N) is 1. The lowest BCUT2D eigenvalue weighted by molar-refractivity contribution is -0.121. The van der Waals surface area contributed by atoms with Gasteiger partial charge in [-0.2, -0.15) is 0 Å². The largest absolute Gasteiger partial charge is 0.496 e. The molecule has 22 heavy (non-hydrogen) atoms. The van der Waals surface area contributed by atoms with Crippen LogP contribution in [-0.2, 0) is 16.6 Å². The zero-order valence-electron chi connectivity index (χ0n) is 14.6. The van der Waals surface area contributed by atoms with E-state index < -0.39 is 0 Å². The van der Waals surface area contributed by atoms with Gasteiger partial charge in [-0.05, 0) is 37.3 Å². The zero-order valence-corrected chi connectivity index (χ0v) is 14.6.